The first kappa shape index (κ1) is 25.3. The van der Waals surface area contributed by atoms with Crippen LogP contribution in [0.15, 0.2) is 23.2 Å². The van der Waals surface area contributed by atoms with Crippen molar-refractivity contribution in [2.75, 3.05) is 27.4 Å². The molecule has 0 radical (unpaired) electrons. The van der Waals surface area contributed by atoms with E-state index in [4.69, 9.17) is 19.9 Å². The van der Waals surface area contributed by atoms with E-state index in [0.717, 1.165) is 37.8 Å². The Balaban J connectivity index is 0.00000676. The molecule has 0 aliphatic heterocycles. The van der Waals surface area contributed by atoms with E-state index < -0.39 is 0 Å². The maximum atomic E-state index is 11.2. The van der Waals surface area contributed by atoms with E-state index in [9.17, 15) is 4.79 Å². The van der Waals surface area contributed by atoms with Crippen molar-refractivity contribution in [1.82, 2.24) is 5.32 Å². The molecule has 7 nitrogen and oxygen atoms in total. The molecule has 0 saturated heterocycles. The van der Waals surface area contributed by atoms with Crippen LogP contribution in [0.25, 0.3) is 0 Å². The molecule has 27 heavy (non-hydrogen) atoms. The first-order valence-electron chi connectivity index (χ1n) is 9.01. The highest BCUT2D eigenvalue weighted by Gasteiger charge is 2.04. The predicted octanol–water partition coefficient (Wildman–Crippen LogP) is 3.24. The second-order valence-corrected chi connectivity index (χ2v) is 5.79. The zero-order valence-electron chi connectivity index (χ0n) is 16.5. The lowest BCUT2D eigenvalue weighted by molar-refractivity contribution is -0.143. The first-order chi connectivity index (χ1) is 12.6. The molecule has 3 N–H and O–H groups in total. The minimum Gasteiger partial charge on any atom is -0.493 e. The summed E-state index contributed by atoms with van der Waals surface area (Å²) in [7, 11) is 3.21. The van der Waals surface area contributed by atoms with Crippen LogP contribution in [-0.2, 0) is 16.1 Å². The Morgan fingerprint density at radius 3 is 2.48 bits per heavy atom. The highest BCUT2D eigenvalue weighted by molar-refractivity contribution is 14.0. The highest BCUT2D eigenvalue weighted by atomic mass is 127. The molecule has 0 unspecified atom stereocenters. The van der Waals surface area contributed by atoms with Crippen molar-refractivity contribution >= 4 is 35.9 Å². The number of nitrogens with two attached hydrogens (primary N) is 1. The molecular formula is C19H32IN3O4. The van der Waals surface area contributed by atoms with Gasteiger partial charge in [0.15, 0.2) is 17.5 Å². The van der Waals surface area contributed by atoms with E-state index in [1.54, 1.807) is 14.2 Å². The van der Waals surface area contributed by atoms with Crippen LogP contribution in [0.5, 0.6) is 11.5 Å². The number of methoxy groups -OCH3 is 2. The fraction of sp³-hybridized carbons (Fsp3) is 0.579. The summed E-state index contributed by atoms with van der Waals surface area (Å²) in [6, 6.07) is 5.67. The summed E-state index contributed by atoms with van der Waals surface area (Å²) in [4.78, 5) is 15.5. The Morgan fingerprint density at radius 2 is 1.81 bits per heavy atom. The van der Waals surface area contributed by atoms with E-state index in [2.05, 4.69) is 10.3 Å². The van der Waals surface area contributed by atoms with Crippen LogP contribution < -0.4 is 20.5 Å². The average Bonchev–Trinajstić information content (AvgIpc) is 2.65. The molecule has 154 valence electrons. The molecule has 8 heteroatoms. The van der Waals surface area contributed by atoms with Crippen LogP contribution in [0.4, 0.5) is 0 Å². The number of esters is 1. The predicted molar refractivity (Wildman–Crippen MR) is 118 cm³/mol. The molecule has 1 aromatic carbocycles. The molecule has 0 bridgehead atoms. The second kappa shape index (κ2) is 15.4. The number of rotatable bonds is 12. The van der Waals surface area contributed by atoms with Crippen molar-refractivity contribution in [3.63, 3.8) is 0 Å². The molecule has 0 atom stereocenters. The number of guanidine groups is 1. The Hall–Kier alpha value is -1.71. The molecule has 1 aromatic rings. The number of benzene rings is 1. The number of hydrogen-bond donors (Lipinski definition) is 2. The quantitative estimate of drug-likeness (QED) is 0.153. The number of carbonyl (C=O) groups excluding carboxylic acids is 1. The van der Waals surface area contributed by atoms with Crippen molar-refractivity contribution in [3.8, 4) is 11.5 Å². The Bertz CT molecular complexity index is 582. The summed E-state index contributed by atoms with van der Waals surface area (Å²) in [5.74, 6) is 1.67. The van der Waals surface area contributed by atoms with Crippen LogP contribution in [0, 0.1) is 0 Å². The molecule has 0 aromatic heterocycles. The fourth-order valence-corrected chi connectivity index (χ4v) is 2.41. The van der Waals surface area contributed by atoms with Crippen LogP contribution >= 0.6 is 24.0 Å². The molecule has 0 heterocycles. The van der Waals surface area contributed by atoms with Gasteiger partial charge in [-0.2, -0.15) is 0 Å². The number of nitrogens with one attached hydrogen (secondary N) is 1. The number of hydrogen-bond acceptors (Lipinski definition) is 5. The van der Waals surface area contributed by atoms with Gasteiger partial charge >= 0.3 is 5.97 Å². The van der Waals surface area contributed by atoms with Crippen molar-refractivity contribution in [1.29, 1.82) is 0 Å². The number of carbonyl (C=O) groups is 1. The van der Waals surface area contributed by atoms with Gasteiger partial charge in [0.2, 0.25) is 0 Å². The molecule has 0 amide bonds. The fourth-order valence-electron chi connectivity index (χ4n) is 2.41. The van der Waals surface area contributed by atoms with E-state index in [1.165, 1.54) is 0 Å². The maximum Gasteiger partial charge on any atom is 0.305 e. The smallest absolute Gasteiger partial charge is 0.305 e. The molecule has 0 saturated carbocycles. The summed E-state index contributed by atoms with van der Waals surface area (Å²) in [6.45, 7) is 3.50. The lowest BCUT2D eigenvalue weighted by Crippen LogP contribution is -2.32. The lowest BCUT2D eigenvalue weighted by atomic mass is 10.1. The van der Waals surface area contributed by atoms with Crippen molar-refractivity contribution in [2.45, 2.75) is 45.6 Å². The largest absolute Gasteiger partial charge is 0.493 e. The number of unbranched alkanes of at least 4 members (excludes halogenated alkanes) is 3. The Kier molecular flexibility index (Phi) is 14.4. The minimum absolute atomic E-state index is 0. The van der Waals surface area contributed by atoms with Crippen LogP contribution in [0.2, 0.25) is 0 Å². The molecule has 0 spiro atoms. The van der Waals surface area contributed by atoms with Gasteiger partial charge in [0, 0.05) is 13.0 Å². The van der Waals surface area contributed by atoms with Crippen molar-refractivity contribution < 1.29 is 19.0 Å². The molecule has 1 rings (SSSR count). The SMILES string of the molecule is CCOC(=O)CCCCCCNC(N)=NCc1ccc(OC)c(OC)c1.I. The number of halogens is 1. The number of ether oxygens (including phenoxy) is 3. The van der Waals surface area contributed by atoms with Gasteiger partial charge in [-0.05, 0) is 37.5 Å². The van der Waals surface area contributed by atoms with Crippen LogP contribution in [0.3, 0.4) is 0 Å². The summed E-state index contributed by atoms with van der Waals surface area (Å²) < 4.78 is 15.4. The van der Waals surface area contributed by atoms with Crippen LogP contribution in [-0.4, -0.2) is 39.3 Å². The van der Waals surface area contributed by atoms with Gasteiger partial charge in [-0.25, -0.2) is 4.99 Å². The molecule has 0 aliphatic rings. The first-order valence-corrected chi connectivity index (χ1v) is 9.01. The van der Waals surface area contributed by atoms with E-state index in [1.807, 2.05) is 25.1 Å². The van der Waals surface area contributed by atoms with Crippen LogP contribution in [0.1, 0.15) is 44.6 Å². The van der Waals surface area contributed by atoms with Crippen molar-refractivity contribution in [3.05, 3.63) is 23.8 Å². The van der Waals surface area contributed by atoms with Gasteiger partial charge in [-0.15, -0.1) is 24.0 Å². The topological polar surface area (TPSA) is 95.2 Å². The maximum absolute atomic E-state index is 11.2. The minimum atomic E-state index is -0.114. The normalized spacial score (nSPS) is 10.7. The third-order valence-electron chi connectivity index (χ3n) is 3.80. The zero-order valence-corrected chi connectivity index (χ0v) is 18.8. The van der Waals surface area contributed by atoms with Gasteiger partial charge in [0.1, 0.15) is 0 Å². The monoisotopic (exact) mass is 493 g/mol. The van der Waals surface area contributed by atoms with E-state index in [0.29, 0.717) is 37.0 Å². The third kappa shape index (κ3) is 10.9. The summed E-state index contributed by atoms with van der Waals surface area (Å²) >= 11 is 0. The summed E-state index contributed by atoms with van der Waals surface area (Å²) in [6.07, 6.45) is 4.38. The Labute approximate surface area is 179 Å². The highest BCUT2D eigenvalue weighted by Crippen LogP contribution is 2.27. The third-order valence-corrected chi connectivity index (χ3v) is 3.80. The summed E-state index contributed by atoms with van der Waals surface area (Å²) in [5.41, 5.74) is 6.88. The number of nitrogens with zero attached hydrogens (tertiary/aromatic N) is 1. The standard InChI is InChI=1S/C19H31N3O4.HI/c1-4-26-18(23)9-7-5-6-8-12-21-19(20)22-14-15-10-11-16(24-2)17(13-15)25-3;/h10-11,13H,4-9,12,14H2,1-3H3,(H3,20,21,22);1H. The van der Waals surface area contributed by atoms with Gasteiger partial charge in [-0.3, -0.25) is 4.79 Å². The summed E-state index contributed by atoms with van der Waals surface area (Å²) in [5, 5.41) is 3.10. The number of aliphatic imine (C=N–C) groups is 1. The van der Waals surface area contributed by atoms with Gasteiger partial charge in [0.25, 0.3) is 0 Å². The van der Waals surface area contributed by atoms with Crippen molar-refractivity contribution in [2.24, 2.45) is 10.7 Å². The zero-order chi connectivity index (χ0) is 19.2. The lowest BCUT2D eigenvalue weighted by Gasteiger charge is -2.09. The average molecular weight is 493 g/mol. The molecule has 0 aliphatic carbocycles. The van der Waals surface area contributed by atoms with Gasteiger partial charge in [0.05, 0.1) is 27.4 Å². The Morgan fingerprint density at radius 1 is 1.11 bits per heavy atom. The van der Waals surface area contributed by atoms with E-state index in [-0.39, 0.29) is 29.9 Å². The molecule has 0 fully saturated rings. The second-order valence-electron chi connectivity index (χ2n) is 5.79. The molecular weight excluding hydrogens is 461 g/mol. The van der Waals surface area contributed by atoms with E-state index >= 15 is 0 Å². The van der Waals surface area contributed by atoms with Gasteiger partial charge < -0.3 is 25.3 Å². The van der Waals surface area contributed by atoms with Gasteiger partial charge in [-0.1, -0.05) is 18.9 Å².